The molecule has 3 rings (SSSR count). The quantitative estimate of drug-likeness (QED) is 0.577. The summed E-state index contributed by atoms with van der Waals surface area (Å²) in [5.41, 5.74) is 3.85. The number of aromatic nitrogens is 4. The van der Waals surface area contributed by atoms with Crippen molar-refractivity contribution in [2.24, 2.45) is 0 Å². The van der Waals surface area contributed by atoms with Crippen LogP contribution in [0.15, 0.2) is 18.2 Å². The summed E-state index contributed by atoms with van der Waals surface area (Å²) in [6, 6.07) is 4.46. The van der Waals surface area contributed by atoms with Crippen LogP contribution in [-0.2, 0) is 0 Å². The number of nitrogens with zero attached hydrogens (tertiary/aromatic N) is 4. The van der Waals surface area contributed by atoms with E-state index in [0.29, 0.717) is 5.52 Å². The first-order chi connectivity index (χ1) is 7.66. The summed E-state index contributed by atoms with van der Waals surface area (Å²) in [4.78, 5) is 4.41. The van der Waals surface area contributed by atoms with Gasteiger partial charge in [-0.15, -0.1) is 5.10 Å². The Morgan fingerprint density at radius 3 is 2.81 bits per heavy atom. The summed E-state index contributed by atoms with van der Waals surface area (Å²) in [5.74, 6) is -0.299. The van der Waals surface area contributed by atoms with Gasteiger partial charge in [-0.3, -0.25) is 0 Å². The molecule has 0 bridgehead atoms. The fourth-order valence-electron chi connectivity index (χ4n) is 1.94. The molecule has 0 spiro atoms. The van der Waals surface area contributed by atoms with Gasteiger partial charge in [0.25, 0.3) is 0 Å². The first kappa shape index (κ1) is 9.21. The molecule has 0 amide bonds. The molecule has 0 aliphatic carbocycles. The zero-order chi connectivity index (χ0) is 11.3. The molecule has 3 aromatic rings. The van der Waals surface area contributed by atoms with Crippen molar-refractivity contribution in [3.63, 3.8) is 0 Å². The van der Waals surface area contributed by atoms with Gasteiger partial charge >= 0.3 is 0 Å². The van der Waals surface area contributed by atoms with Crippen LogP contribution in [0.3, 0.4) is 0 Å². The standard InChI is InChI=1S/C11H9FN4/c1-6-11-7(2)14-15-16(11)10-5-8(12)3-4-9(10)13-6/h3-5H,1-2H3. The molecule has 0 saturated heterocycles. The smallest absolute Gasteiger partial charge is 0.125 e. The van der Waals surface area contributed by atoms with Gasteiger partial charge in [0.2, 0.25) is 0 Å². The molecule has 0 unspecified atom stereocenters. The topological polar surface area (TPSA) is 43.1 Å². The van der Waals surface area contributed by atoms with Crippen molar-refractivity contribution >= 4 is 16.6 Å². The third-order valence-electron chi connectivity index (χ3n) is 2.64. The summed E-state index contributed by atoms with van der Waals surface area (Å²) < 4.78 is 14.8. The number of hydrogen-bond donors (Lipinski definition) is 0. The van der Waals surface area contributed by atoms with E-state index in [1.165, 1.54) is 12.1 Å². The molecule has 5 heteroatoms. The van der Waals surface area contributed by atoms with E-state index in [-0.39, 0.29) is 5.82 Å². The summed E-state index contributed by atoms with van der Waals surface area (Å²) in [6.45, 7) is 3.76. The molecule has 16 heavy (non-hydrogen) atoms. The fraction of sp³-hybridized carbons (Fsp3) is 0.182. The highest BCUT2D eigenvalue weighted by Gasteiger charge is 2.10. The van der Waals surface area contributed by atoms with Crippen LogP contribution in [0, 0.1) is 19.7 Å². The van der Waals surface area contributed by atoms with Crippen LogP contribution in [0.5, 0.6) is 0 Å². The monoisotopic (exact) mass is 216 g/mol. The predicted octanol–water partition coefficient (Wildman–Crippen LogP) is 2.03. The Labute approximate surface area is 90.7 Å². The lowest BCUT2D eigenvalue weighted by Gasteiger charge is -2.03. The van der Waals surface area contributed by atoms with Crippen LogP contribution in [0.2, 0.25) is 0 Å². The first-order valence-electron chi connectivity index (χ1n) is 4.95. The van der Waals surface area contributed by atoms with E-state index in [4.69, 9.17) is 0 Å². The molecular formula is C11H9FN4. The molecule has 2 aromatic heterocycles. The molecule has 0 atom stereocenters. The average molecular weight is 216 g/mol. The van der Waals surface area contributed by atoms with Crippen LogP contribution < -0.4 is 0 Å². The van der Waals surface area contributed by atoms with Gasteiger partial charge in [0, 0.05) is 6.07 Å². The van der Waals surface area contributed by atoms with E-state index in [2.05, 4.69) is 15.3 Å². The van der Waals surface area contributed by atoms with Gasteiger partial charge in [-0.2, -0.15) is 0 Å². The normalized spacial score (nSPS) is 11.4. The Balaban J connectivity index is 2.61. The average Bonchev–Trinajstić information content (AvgIpc) is 2.63. The second-order valence-electron chi connectivity index (χ2n) is 3.77. The Morgan fingerprint density at radius 1 is 1.19 bits per heavy atom. The van der Waals surface area contributed by atoms with Gasteiger partial charge < -0.3 is 0 Å². The van der Waals surface area contributed by atoms with E-state index in [9.17, 15) is 4.39 Å². The van der Waals surface area contributed by atoms with Crippen molar-refractivity contribution in [3.8, 4) is 0 Å². The lowest BCUT2D eigenvalue weighted by atomic mass is 10.2. The molecule has 0 aliphatic heterocycles. The highest BCUT2D eigenvalue weighted by Crippen LogP contribution is 2.19. The number of aryl methyl sites for hydroxylation is 2. The first-order valence-corrected chi connectivity index (χ1v) is 4.95. The summed E-state index contributed by atoms with van der Waals surface area (Å²) in [6.07, 6.45) is 0. The van der Waals surface area contributed by atoms with Crippen LogP contribution in [0.25, 0.3) is 16.6 Å². The van der Waals surface area contributed by atoms with Crippen molar-refractivity contribution in [2.45, 2.75) is 13.8 Å². The molecule has 0 saturated carbocycles. The fourth-order valence-corrected chi connectivity index (χ4v) is 1.94. The van der Waals surface area contributed by atoms with Gasteiger partial charge in [-0.25, -0.2) is 13.9 Å². The predicted molar refractivity (Wildman–Crippen MR) is 57.7 cm³/mol. The van der Waals surface area contributed by atoms with E-state index >= 15 is 0 Å². The van der Waals surface area contributed by atoms with Crippen molar-refractivity contribution < 1.29 is 4.39 Å². The largest absolute Gasteiger partial charge is 0.249 e. The third kappa shape index (κ3) is 1.11. The Hall–Kier alpha value is -2.04. The minimum absolute atomic E-state index is 0.299. The minimum atomic E-state index is -0.299. The van der Waals surface area contributed by atoms with E-state index in [0.717, 1.165) is 22.4 Å². The second kappa shape index (κ2) is 2.98. The van der Waals surface area contributed by atoms with Gasteiger partial charge in [0.15, 0.2) is 0 Å². The molecule has 80 valence electrons. The maximum atomic E-state index is 13.2. The van der Waals surface area contributed by atoms with Gasteiger partial charge in [-0.1, -0.05) is 5.21 Å². The van der Waals surface area contributed by atoms with Gasteiger partial charge in [-0.05, 0) is 26.0 Å². The Bertz CT molecular complexity index is 702. The molecule has 0 fully saturated rings. The number of halogens is 1. The molecule has 0 N–H and O–H groups in total. The molecule has 0 radical (unpaired) electrons. The zero-order valence-corrected chi connectivity index (χ0v) is 8.90. The van der Waals surface area contributed by atoms with Crippen molar-refractivity contribution in [3.05, 3.63) is 35.4 Å². The van der Waals surface area contributed by atoms with E-state index in [1.807, 2.05) is 13.8 Å². The highest BCUT2D eigenvalue weighted by atomic mass is 19.1. The van der Waals surface area contributed by atoms with Gasteiger partial charge in [0.1, 0.15) is 11.3 Å². The van der Waals surface area contributed by atoms with Crippen molar-refractivity contribution in [2.75, 3.05) is 0 Å². The number of rotatable bonds is 0. The van der Waals surface area contributed by atoms with E-state index in [1.54, 1.807) is 10.6 Å². The lowest BCUT2D eigenvalue weighted by Crippen LogP contribution is -1.97. The summed E-state index contributed by atoms with van der Waals surface area (Å²) in [5, 5.41) is 8.00. The molecule has 0 aliphatic rings. The SMILES string of the molecule is Cc1nnn2c1c(C)nc1ccc(F)cc12. The van der Waals surface area contributed by atoms with Gasteiger partial charge in [0.05, 0.1) is 22.4 Å². The summed E-state index contributed by atoms with van der Waals surface area (Å²) in [7, 11) is 0. The number of hydrogen-bond acceptors (Lipinski definition) is 3. The van der Waals surface area contributed by atoms with Crippen molar-refractivity contribution in [1.82, 2.24) is 19.8 Å². The van der Waals surface area contributed by atoms with Crippen LogP contribution in [0.4, 0.5) is 4.39 Å². The maximum absolute atomic E-state index is 13.2. The van der Waals surface area contributed by atoms with E-state index < -0.39 is 0 Å². The summed E-state index contributed by atoms with van der Waals surface area (Å²) >= 11 is 0. The molecular weight excluding hydrogens is 207 g/mol. The Morgan fingerprint density at radius 2 is 2.00 bits per heavy atom. The third-order valence-corrected chi connectivity index (χ3v) is 2.64. The molecule has 2 heterocycles. The van der Waals surface area contributed by atoms with Crippen molar-refractivity contribution in [1.29, 1.82) is 0 Å². The molecule has 4 nitrogen and oxygen atoms in total. The highest BCUT2D eigenvalue weighted by molar-refractivity contribution is 5.79. The number of fused-ring (bicyclic) bond motifs is 3. The minimum Gasteiger partial charge on any atom is -0.249 e. The van der Waals surface area contributed by atoms with Crippen LogP contribution >= 0.6 is 0 Å². The molecule has 1 aromatic carbocycles. The van der Waals surface area contributed by atoms with Crippen LogP contribution in [-0.4, -0.2) is 19.8 Å². The maximum Gasteiger partial charge on any atom is 0.125 e. The zero-order valence-electron chi connectivity index (χ0n) is 8.90. The number of benzene rings is 1. The van der Waals surface area contributed by atoms with Crippen LogP contribution in [0.1, 0.15) is 11.4 Å². The Kier molecular flexibility index (Phi) is 1.71. The lowest BCUT2D eigenvalue weighted by molar-refractivity contribution is 0.628. The second-order valence-corrected chi connectivity index (χ2v) is 3.77.